The van der Waals surface area contributed by atoms with Crippen LogP contribution in [0.3, 0.4) is 0 Å². The molecule has 11 N–H and O–H groups in total. The van der Waals surface area contributed by atoms with Crippen molar-refractivity contribution in [1.29, 1.82) is 0 Å². The van der Waals surface area contributed by atoms with Crippen LogP contribution in [0, 0.1) is 11.8 Å². The first kappa shape index (κ1) is 33.7. The lowest BCUT2D eigenvalue weighted by Gasteiger charge is -2.51. The van der Waals surface area contributed by atoms with Gasteiger partial charge >= 0.3 is 0 Å². The summed E-state index contributed by atoms with van der Waals surface area (Å²) in [4.78, 5) is 0. The number of hydrogen-bond donors (Lipinski definition) is 11. The Balaban J connectivity index is 1.30. The molecule has 0 amide bonds. The van der Waals surface area contributed by atoms with E-state index in [0.717, 1.165) is 0 Å². The van der Waals surface area contributed by atoms with E-state index >= 15 is 0 Å². The summed E-state index contributed by atoms with van der Waals surface area (Å²) in [6.45, 7) is 0.987. The van der Waals surface area contributed by atoms with Gasteiger partial charge in [-0.3, -0.25) is 0 Å². The molecule has 0 radical (unpaired) electrons. The van der Waals surface area contributed by atoms with E-state index in [4.69, 9.17) is 23.7 Å². The van der Waals surface area contributed by atoms with Crippen LogP contribution in [0.5, 0.6) is 0 Å². The molecule has 0 spiro atoms. The first-order valence-electron chi connectivity index (χ1n) is 15.0. The fourth-order valence-electron chi connectivity index (χ4n) is 7.15. The van der Waals surface area contributed by atoms with E-state index in [-0.39, 0.29) is 32.1 Å². The number of hydrogen-bond acceptors (Lipinski definition) is 16. The Morgan fingerprint density at radius 2 is 1.21 bits per heavy atom. The Morgan fingerprint density at radius 1 is 0.581 bits per heavy atom. The van der Waals surface area contributed by atoms with Crippen LogP contribution in [0.1, 0.15) is 39.0 Å². The summed E-state index contributed by atoms with van der Waals surface area (Å²) >= 11 is 0. The van der Waals surface area contributed by atoms with Gasteiger partial charge in [0.1, 0.15) is 48.8 Å². The summed E-state index contributed by atoms with van der Waals surface area (Å²) in [6.07, 6.45) is -22.0. The largest absolute Gasteiger partial charge is 0.393 e. The minimum atomic E-state index is -1.75. The molecule has 3 saturated heterocycles. The molecule has 2 saturated carbocycles. The van der Waals surface area contributed by atoms with Crippen LogP contribution >= 0.6 is 0 Å². The molecule has 2 aliphatic carbocycles. The molecule has 8 unspecified atom stereocenters. The van der Waals surface area contributed by atoms with E-state index in [1.165, 1.54) is 6.92 Å². The third kappa shape index (κ3) is 6.90. The molecule has 0 aromatic carbocycles. The summed E-state index contributed by atoms with van der Waals surface area (Å²) < 4.78 is 29.2. The van der Waals surface area contributed by atoms with Crippen molar-refractivity contribution in [2.75, 3.05) is 6.61 Å². The standard InChI is InChI=1S/C27H46O16/c1-8-18(32)21(35)23(37)26(40-8)39-7-17-20(34)22(36)24(38)27(43-17)42-16-6-11-12(29)4-10(28)5-15(11)41-25(16)9-2-13(30)19(33)14(31)3-9/h8-38H,2-7H2,1H3/t8-,9?,10?,11?,12?,13?,14?,15?,16?,17-,18+,19?,20+,21-,22+,23+,24-,25?,26-,27+/m0/s1. The third-order valence-corrected chi connectivity index (χ3v) is 9.74. The molecule has 3 aliphatic heterocycles. The monoisotopic (exact) mass is 626 g/mol. The second kappa shape index (κ2) is 13.6. The van der Waals surface area contributed by atoms with Gasteiger partial charge in [-0.05, 0) is 44.9 Å². The molecule has 0 aromatic heterocycles. The second-order valence-corrected chi connectivity index (χ2v) is 12.8. The van der Waals surface area contributed by atoms with Gasteiger partial charge < -0.3 is 79.9 Å². The zero-order valence-electron chi connectivity index (χ0n) is 23.8. The molecular weight excluding hydrogens is 580 g/mol. The highest BCUT2D eigenvalue weighted by molar-refractivity contribution is 5.00. The fourth-order valence-corrected chi connectivity index (χ4v) is 7.15. The lowest BCUT2D eigenvalue weighted by molar-refractivity contribution is -0.346. The molecule has 250 valence electrons. The van der Waals surface area contributed by atoms with Crippen molar-refractivity contribution >= 4 is 0 Å². The summed E-state index contributed by atoms with van der Waals surface area (Å²) in [5.74, 6) is -0.989. The van der Waals surface area contributed by atoms with Gasteiger partial charge in [0.15, 0.2) is 12.6 Å². The van der Waals surface area contributed by atoms with Crippen LogP contribution in [0.25, 0.3) is 0 Å². The Labute approximate surface area is 248 Å². The van der Waals surface area contributed by atoms with Gasteiger partial charge in [0.25, 0.3) is 0 Å². The van der Waals surface area contributed by atoms with E-state index in [9.17, 15) is 56.2 Å². The fraction of sp³-hybridized carbons (Fsp3) is 1.00. The highest BCUT2D eigenvalue weighted by atomic mass is 16.7. The van der Waals surface area contributed by atoms with Crippen molar-refractivity contribution in [1.82, 2.24) is 0 Å². The van der Waals surface area contributed by atoms with Gasteiger partial charge in [-0.25, -0.2) is 0 Å². The maximum Gasteiger partial charge on any atom is 0.187 e. The predicted octanol–water partition coefficient (Wildman–Crippen LogP) is -5.19. The zero-order chi connectivity index (χ0) is 31.3. The van der Waals surface area contributed by atoms with Crippen LogP contribution in [0.2, 0.25) is 0 Å². The van der Waals surface area contributed by atoms with Crippen LogP contribution in [-0.2, 0) is 23.7 Å². The number of aliphatic hydroxyl groups is 11. The first-order valence-corrected chi connectivity index (χ1v) is 15.0. The second-order valence-electron chi connectivity index (χ2n) is 12.8. The molecule has 43 heavy (non-hydrogen) atoms. The summed E-state index contributed by atoms with van der Waals surface area (Å²) in [7, 11) is 0. The van der Waals surface area contributed by atoms with Gasteiger partial charge in [-0.15, -0.1) is 0 Å². The molecular formula is C27H46O16. The van der Waals surface area contributed by atoms with E-state index in [1.807, 2.05) is 0 Å². The Bertz CT molecular complexity index is 902. The molecule has 18 atom stereocenters. The van der Waals surface area contributed by atoms with Crippen molar-refractivity contribution < 1.29 is 79.9 Å². The Kier molecular flexibility index (Phi) is 10.7. The molecule has 3 heterocycles. The number of fused-ring (bicyclic) bond motifs is 1. The lowest BCUT2D eigenvalue weighted by Crippen LogP contribution is -2.63. The van der Waals surface area contributed by atoms with E-state index in [1.54, 1.807) is 0 Å². The molecule has 0 bridgehead atoms. The predicted molar refractivity (Wildman–Crippen MR) is 139 cm³/mol. The van der Waals surface area contributed by atoms with E-state index in [0.29, 0.717) is 0 Å². The summed E-state index contributed by atoms with van der Waals surface area (Å²) in [5, 5.41) is 114. The zero-order valence-corrected chi connectivity index (χ0v) is 23.8. The number of aliphatic hydroxyl groups excluding tert-OH is 11. The topological polar surface area (TPSA) is 269 Å². The maximum atomic E-state index is 10.8. The highest BCUT2D eigenvalue weighted by Gasteiger charge is 2.53. The van der Waals surface area contributed by atoms with Crippen LogP contribution in [-0.4, -0.2) is 173 Å². The minimum Gasteiger partial charge on any atom is -0.393 e. The van der Waals surface area contributed by atoms with E-state index < -0.39 is 129 Å². The maximum absolute atomic E-state index is 10.8. The third-order valence-electron chi connectivity index (χ3n) is 9.74. The quantitative estimate of drug-likeness (QED) is 0.132. The van der Waals surface area contributed by atoms with Crippen molar-refractivity contribution in [3.05, 3.63) is 0 Å². The molecule has 0 aromatic rings. The average molecular weight is 627 g/mol. The minimum absolute atomic E-state index is 0.0554. The van der Waals surface area contributed by atoms with Gasteiger partial charge in [0, 0.05) is 5.92 Å². The number of rotatable bonds is 6. The molecule has 5 fully saturated rings. The van der Waals surface area contributed by atoms with Crippen molar-refractivity contribution in [3.8, 4) is 0 Å². The smallest absolute Gasteiger partial charge is 0.187 e. The van der Waals surface area contributed by atoms with Crippen molar-refractivity contribution in [2.45, 2.75) is 149 Å². The SMILES string of the molecule is C[C@@H]1O[C@H](OC[C@@H]2O[C@@H](OC3CC4C(O)CC(O)CC4OC3C3CC(O)C(O)C(O)C3)[C@@H](O)[C@H](O)[C@@H]2O)[C@H](O)[C@@H](O)[C@@H]1O. The number of ether oxygens (including phenoxy) is 5. The molecule has 5 rings (SSSR count). The highest BCUT2D eigenvalue weighted by Crippen LogP contribution is 2.43. The molecule has 16 heteroatoms. The van der Waals surface area contributed by atoms with Crippen LogP contribution in [0.4, 0.5) is 0 Å². The van der Waals surface area contributed by atoms with Crippen LogP contribution < -0.4 is 0 Å². The van der Waals surface area contributed by atoms with Crippen molar-refractivity contribution in [2.24, 2.45) is 11.8 Å². The van der Waals surface area contributed by atoms with Gasteiger partial charge in [0.05, 0.1) is 55.4 Å². The normalized spacial score (nSPS) is 56.4. The average Bonchev–Trinajstić information content (AvgIpc) is 2.96. The first-order chi connectivity index (χ1) is 20.3. The molecule has 5 aliphatic rings. The van der Waals surface area contributed by atoms with Gasteiger partial charge in [-0.1, -0.05) is 0 Å². The lowest BCUT2D eigenvalue weighted by atomic mass is 9.72. The van der Waals surface area contributed by atoms with Crippen LogP contribution in [0.15, 0.2) is 0 Å². The summed E-state index contributed by atoms with van der Waals surface area (Å²) in [5.41, 5.74) is 0. The summed E-state index contributed by atoms with van der Waals surface area (Å²) in [6, 6.07) is 0. The van der Waals surface area contributed by atoms with Gasteiger partial charge in [-0.2, -0.15) is 0 Å². The molecule has 16 nitrogen and oxygen atoms in total. The van der Waals surface area contributed by atoms with Crippen molar-refractivity contribution in [3.63, 3.8) is 0 Å². The Hall–Kier alpha value is -0.640. The van der Waals surface area contributed by atoms with Gasteiger partial charge in [0.2, 0.25) is 0 Å². The Morgan fingerprint density at radius 3 is 1.88 bits per heavy atom. The van der Waals surface area contributed by atoms with E-state index in [2.05, 4.69) is 0 Å².